The third-order valence-electron chi connectivity index (χ3n) is 9.08. The van der Waals surface area contributed by atoms with E-state index in [1.807, 2.05) is 0 Å². The van der Waals surface area contributed by atoms with Crippen molar-refractivity contribution >= 4 is 0 Å². The fraction of sp³-hybridized carbons (Fsp3) is 1.00. The lowest BCUT2D eigenvalue weighted by Crippen LogP contribution is -3.05. The third-order valence-corrected chi connectivity index (χ3v) is 9.08. The van der Waals surface area contributed by atoms with Gasteiger partial charge in [-0.25, -0.2) is 0 Å². The molecule has 3 nitrogen and oxygen atoms in total. The lowest BCUT2D eigenvalue weighted by Gasteiger charge is -2.54. The second kappa shape index (κ2) is 6.21. The minimum Gasteiger partial charge on any atom is -0.362 e. The van der Waals surface area contributed by atoms with Crippen molar-refractivity contribution in [2.24, 2.45) is 23.2 Å². The summed E-state index contributed by atoms with van der Waals surface area (Å²) >= 11 is 0. The number of ether oxygens (including phenoxy) is 1. The highest BCUT2D eigenvalue weighted by atomic mass is 16.5. The van der Waals surface area contributed by atoms with Crippen LogP contribution < -0.4 is 10.2 Å². The summed E-state index contributed by atoms with van der Waals surface area (Å²) in [6, 6.07) is 0.709. The molecule has 1 saturated heterocycles. The van der Waals surface area contributed by atoms with E-state index in [1.54, 1.807) is 4.90 Å². The van der Waals surface area contributed by atoms with Gasteiger partial charge >= 0.3 is 0 Å². The molecule has 1 spiro atoms. The van der Waals surface area contributed by atoms with Crippen LogP contribution in [0.2, 0.25) is 0 Å². The number of hydrogen-bond donors (Lipinski definition) is 2. The molecule has 7 atom stereocenters. The standard InChI is InChI=1S/C22H40N2O/c1-16-9-10-18-21(3)19(23-13-7-6-8-14-24(4)5)17-15-22(16,18)12-11-20(17,2)25-21/h16-19,23H,6-15H2,1-5H3/p+2. The first kappa shape index (κ1) is 18.3. The van der Waals surface area contributed by atoms with Crippen LogP contribution in [0.15, 0.2) is 0 Å². The van der Waals surface area contributed by atoms with Crippen LogP contribution in [-0.4, -0.2) is 44.4 Å². The molecule has 4 fully saturated rings. The van der Waals surface area contributed by atoms with E-state index in [-0.39, 0.29) is 11.2 Å². The number of nitrogens with one attached hydrogen (secondary N) is 1. The molecule has 0 aromatic rings. The summed E-state index contributed by atoms with van der Waals surface area (Å²) in [5.41, 5.74) is 0.917. The lowest BCUT2D eigenvalue weighted by atomic mass is 9.49. The molecule has 0 radical (unpaired) electrons. The maximum atomic E-state index is 7.00. The SMILES string of the molecule is CC1CCC2C13CCC1(C)OC2(C)C([NH2+]CCCCC[NH+](C)C)C1C3. The van der Waals surface area contributed by atoms with Crippen molar-refractivity contribution in [1.82, 2.24) is 0 Å². The normalized spacial score (nSPS) is 50.6. The van der Waals surface area contributed by atoms with Crippen LogP contribution >= 0.6 is 0 Å². The van der Waals surface area contributed by atoms with Crippen LogP contribution in [0.3, 0.4) is 0 Å². The second-order valence-corrected chi connectivity index (χ2v) is 10.7. The maximum Gasteiger partial charge on any atom is 0.121 e. The topological polar surface area (TPSA) is 30.3 Å². The van der Waals surface area contributed by atoms with Gasteiger partial charge in [0.1, 0.15) is 11.6 Å². The molecule has 3 N–H and O–H groups in total. The predicted octanol–water partition coefficient (Wildman–Crippen LogP) is 1.63. The van der Waals surface area contributed by atoms with Gasteiger partial charge < -0.3 is 15.0 Å². The molecular formula is C22H42N2O+2. The second-order valence-electron chi connectivity index (χ2n) is 10.7. The van der Waals surface area contributed by atoms with Crippen LogP contribution in [0.25, 0.3) is 0 Å². The minimum absolute atomic E-state index is 0.132. The number of unbranched alkanes of at least 4 members (excludes halogenated alkanes) is 2. The Morgan fingerprint density at radius 2 is 1.88 bits per heavy atom. The summed E-state index contributed by atoms with van der Waals surface area (Å²) in [5, 5.41) is 2.72. The van der Waals surface area contributed by atoms with Crippen molar-refractivity contribution < 1.29 is 15.0 Å². The first-order valence-electron chi connectivity index (χ1n) is 11.1. The zero-order valence-corrected chi connectivity index (χ0v) is 17.4. The Morgan fingerprint density at radius 3 is 2.64 bits per heavy atom. The largest absolute Gasteiger partial charge is 0.362 e. The van der Waals surface area contributed by atoms with Crippen molar-refractivity contribution in [1.29, 1.82) is 0 Å². The van der Waals surface area contributed by atoms with Crippen LogP contribution in [0.4, 0.5) is 0 Å². The van der Waals surface area contributed by atoms with Crippen molar-refractivity contribution in [3.05, 3.63) is 0 Å². The number of nitrogens with two attached hydrogens (primary N) is 1. The first-order valence-corrected chi connectivity index (χ1v) is 11.1. The van der Waals surface area contributed by atoms with E-state index in [1.165, 1.54) is 64.5 Å². The molecule has 0 aromatic heterocycles. The van der Waals surface area contributed by atoms with E-state index in [2.05, 4.69) is 40.2 Å². The van der Waals surface area contributed by atoms with Gasteiger partial charge in [0.15, 0.2) is 0 Å². The van der Waals surface area contributed by atoms with E-state index in [4.69, 9.17) is 4.74 Å². The molecule has 25 heavy (non-hydrogen) atoms. The molecule has 0 aromatic carbocycles. The van der Waals surface area contributed by atoms with Crippen LogP contribution in [0.5, 0.6) is 0 Å². The van der Waals surface area contributed by atoms with E-state index in [0.29, 0.717) is 11.5 Å². The average Bonchev–Trinajstić information content (AvgIpc) is 2.91. The molecule has 1 heterocycles. The third kappa shape index (κ3) is 2.63. The van der Waals surface area contributed by atoms with Gasteiger partial charge in [-0.1, -0.05) is 6.92 Å². The predicted molar refractivity (Wildman–Crippen MR) is 102 cm³/mol. The highest BCUT2D eigenvalue weighted by molar-refractivity contribution is 5.22. The number of hydrogen-bond acceptors (Lipinski definition) is 1. The van der Waals surface area contributed by atoms with Crippen molar-refractivity contribution in [3.63, 3.8) is 0 Å². The molecule has 3 aliphatic carbocycles. The smallest absolute Gasteiger partial charge is 0.121 e. The summed E-state index contributed by atoms with van der Waals surface area (Å²) in [6.45, 7) is 10.1. The van der Waals surface area contributed by atoms with Gasteiger partial charge in [0, 0.05) is 5.92 Å². The van der Waals surface area contributed by atoms with E-state index in [9.17, 15) is 0 Å². The Morgan fingerprint density at radius 1 is 1.08 bits per heavy atom. The van der Waals surface area contributed by atoms with Crippen molar-refractivity contribution in [2.45, 2.75) is 89.4 Å². The molecule has 4 rings (SSSR count). The Labute approximate surface area is 155 Å². The van der Waals surface area contributed by atoms with Crippen molar-refractivity contribution in [3.8, 4) is 0 Å². The number of quaternary nitrogens is 2. The van der Waals surface area contributed by atoms with Gasteiger partial charge in [0.05, 0.1) is 32.8 Å². The zero-order valence-electron chi connectivity index (χ0n) is 17.4. The monoisotopic (exact) mass is 350 g/mol. The maximum absolute atomic E-state index is 7.00. The summed E-state index contributed by atoms with van der Waals surface area (Å²) in [5.74, 6) is 2.52. The summed E-state index contributed by atoms with van der Waals surface area (Å²) in [7, 11) is 4.52. The van der Waals surface area contributed by atoms with Gasteiger partial charge in [-0.2, -0.15) is 0 Å². The fourth-order valence-corrected chi connectivity index (χ4v) is 7.75. The van der Waals surface area contributed by atoms with Crippen molar-refractivity contribution in [2.75, 3.05) is 27.2 Å². The van der Waals surface area contributed by atoms with Crippen LogP contribution in [0.1, 0.15) is 72.1 Å². The molecule has 144 valence electrons. The Bertz CT molecular complexity index is 508. The zero-order chi connectivity index (χ0) is 17.9. The van der Waals surface area contributed by atoms with Crippen LogP contribution in [0, 0.1) is 23.2 Å². The molecule has 4 aliphatic rings. The van der Waals surface area contributed by atoms with E-state index < -0.39 is 0 Å². The highest BCUT2D eigenvalue weighted by Gasteiger charge is 2.75. The van der Waals surface area contributed by atoms with Gasteiger partial charge in [0.25, 0.3) is 0 Å². The summed E-state index contributed by atoms with van der Waals surface area (Å²) in [4.78, 5) is 1.58. The number of fused-ring (bicyclic) bond motifs is 2. The van der Waals surface area contributed by atoms with E-state index >= 15 is 0 Å². The quantitative estimate of drug-likeness (QED) is 0.672. The Kier molecular flexibility index (Phi) is 4.53. The summed E-state index contributed by atoms with van der Waals surface area (Å²) in [6.07, 6.45) is 11.2. The average molecular weight is 351 g/mol. The van der Waals surface area contributed by atoms with Crippen LogP contribution in [-0.2, 0) is 4.74 Å². The van der Waals surface area contributed by atoms with E-state index in [0.717, 1.165) is 17.8 Å². The lowest BCUT2D eigenvalue weighted by molar-refractivity contribution is -0.858. The molecule has 3 bridgehead atoms. The van der Waals surface area contributed by atoms with Gasteiger partial charge in [-0.15, -0.1) is 0 Å². The molecule has 7 unspecified atom stereocenters. The molecule has 1 aliphatic heterocycles. The molecule has 3 saturated carbocycles. The first-order chi connectivity index (χ1) is 11.8. The number of rotatable bonds is 7. The minimum atomic E-state index is 0.132. The highest BCUT2D eigenvalue weighted by Crippen LogP contribution is 2.71. The summed E-state index contributed by atoms with van der Waals surface area (Å²) < 4.78 is 7.00. The van der Waals surface area contributed by atoms with Gasteiger partial charge in [-0.05, 0) is 82.5 Å². The van der Waals surface area contributed by atoms with Gasteiger partial charge in [-0.3, -0.25) is 0 Å². The molecule has 3 heteroatoms. The van der Waals surface area contributed by atoms with Gasteiger partial charge in [0.2, 0.25) is 0 Å². The molecular weight excluding hydrogens is 308 g/mol. The Balaban J connectivity index is 1.43. The molecule has 0 amide bonds. The Hall–Kier alpha value is -0.120. The fourth-order valence-electron chi connectivity index (χ4n) is 7.75.